The molecule has 9 aromatic carbocycles. The lowest BCUT2D eigenvalue weighted by molar-refractivity contribution is 0.666. The number of rotatable bonds is 4. The average Bonchev–Trinajstić information content (AvgIpc) is 4.04. The lowest BCUT2D eigenvalue weighted by atomic mass is 9.89. The second kappa shape index (κ2) is 11.8. The fraction of sp³-hybridized carbons (Fsp3) is 0. The lowest BCUT2D eigenvalue weighted by Gasteiger charge is -2.17. The number of furan rings is 2. The number of hydrogen-bond acceptors (Lipinski definition) is 2. The molecule has 0 bridgehead atoms. The summed E-state index contributed by atoms with van der Waals surface area (Å²) in [4.78, 5) is 0. The van der Waals surface area contributed by atoms with Crippen molar-refractivity contribution in [1.82, 2.24) is 9.13 Å². The highest BCUT2D eigenvalue weighted by atomic mass is 16.3. The van der Waals surface area contributed by atoms with Gasteiger partial charge >= 0.3 is 0 Å². The first-order valence-corrected chi connectivity index (χ1v) is 19.8. The standard InChI is InChI=1S/C54H32N2O2/c1-2-15-33(16-3-1)55-44-25-8-4-17-34(44)38-32-31-37(41-22-12-21-39-35-18-6-10-29-48(35)57-53(39)41)51(52(38)55)43-24-14-27-46-50(43)42-20-5-9-26-45(42)56(46)47-28-13-23-40-36-19-7-11-30-49(36)58-54(40)47/h1-32H. The van der Waals surface area contributed by atoms with E-state index in [1.165, 1.54) is 21.5 Å². The number of hydrogen-bond donors (Lipinski definition) is 0. The van der Waals surface area contributed by atoms with Crippen LogP contribution >= 0.6 is 0 Å². The molecule has 0 N–H and O–H groups in total. The van der Waals surface area contributed by atoms with Gasteiger partial charge in [-0.2, -0.15) is 0 Å². The number of benzene rings is 9. The van der Waals surface area contributed by atoms with E-state index in [0.717, 1.165) is 99.6 Å². The minimum Gasteiger partial charge on any atom is -0.455 e. The maximum Gasteiger partial charge on any atom is 0.159 e. The second-order valence-electron chi connectivity index (χ2n) is 15.2. The van der Waals surface area contributed by atoms with E-state index >= 15 is 0 Å². The molecule has 0 aliphatic heterocycles. The molecule has 4 heteroatoms. The summed E-state index contributed by atoms with van der Waals surface area (Å²) in [5, 5.41) is 9.21. The highest BCUT2D eigenvalue weighted by Crippen LogP contribution is 2.49. The molecule has 0 aliphatic rings. The zero-order valence-electron chi connectivity index (χ0n) is 31.2. The zero-order chi connectivity index (χ0) is 37.9. The summed E-state index contributed by atoms with van der Waals surface area (Å²) in [6, 6.07) is 69.5. The Hall–Kier alpha value is -7.82. The zero-order valence-corrected chi connectivity index (χ0v) is 31.2. The van der Waals surface area contributed by atoms with Gasteiger partial charge in [0.25, 0.3) is 0 Å². The molecule has 13 rings (SSSR count). The molecule has 0 radical (unpaired) electrons. The van der Waals surface area contributed by atoms with Gasteiger partial charge < -0.3 is 18.0 Å². The summed E-state index contributed by atoms with van der Waals surface area (Å²) < 4.78 is 18.3. The molecule has 0 saturated heterocycles. The van der Waals surface area contributed by atoms with Crippen molar-refractivity contribution in [3.63, 3.8) is 0 Å². The van der Waals surface area contributed by atoms with E-state index in [-0.39, 0.29) is 0 Å². The first-order valence-electron chi connectivity index (χ1n) is 19.8. The van der Waals surface area contributed by atoms with E-state index in [2.05, 4.69) is 191 Å². The third-order valence-electron chi connectivity index (χ3n) is 12.1. The monoisotopic (exact) mass is 740 g/mol. The van der Waals surface area contributed by atoms with Gasteiger partial charge in [0, 0.05) is 59.9 Å². The molecule has 13 aromatic rings. The van der Waals surface area contributed by atoms with E-state index in [1.807, 2.05) is 12.1 Å². The van der Waals surface area contributed by atoms with Crippen LogP contribution < -0.4 is 0 Å². The Bertz CT molecular complexity index is 3800. The third-order valence-corrected chi connectivity index (χ3v) is 12.1. The summed E-state index contributed by atoms with van der Waals surface area (Å²) >= 11 is 0. The van der Waals surface area contributed by atoms with Crippen molar-refractivity contribution in [1.29, 1.82) is 0 Å². The van der Waals surface area contributed by atoms with E-state index in [0.29, 0.717) is 0 Å². The van der Waals surface area contributed by atoms with Crippen LogP contribution in [0.4, 0.5) is 0 Å². The van der Waals surface area contributed by atoms with Crippen molar-refractivity contribution in [2.24, 2.45) is 0 Å². The number of nitrogens with zero attached hydrogens (tertiary/aromatic N) is 2. The van der Waals surface area contributed by atoms with Gasteiger partial charge in [-0.1, -0.05) is 146 Å². The largest absolute Gasteiger partial charge is 0.455 e. The van der Waals surface area contributed by atoms with Crippen LogP contribution in [-0.4, -0.2) is 9.13 Å². The molecule has 0 unspecified atom stereocenters. The molecule has 58 heavy (non-hydrogen) atoms. The maximum absolute atomic E-state index is 6.78. The molecular formula is C54H32N2O2. The quantitative estimate of drug-likeness (QED) is 0.180. The highest BCUT2D eigenvalue weighted by Gasteiger charge is 2.26. The second-order valence-corrected chi connectivity index (χ2v) is 15.2. The Morgan fingerprint density at radius 1 is 0.310 bits per heavy atom. The molecule has 270 valence electrons. The number of aromatic nitrogens is 2. The van der Waals surface area contributed by atoms with E-state index in [1.54, 1.807) is 0 Å². The Labute approximate surface area is 332 Å². The predicted octanol–water partition coefficient (Wildman–Crippen LogP) is 15.0. The maximum atomic E-state index is 6.78. The average molecular weight is 741 g/mol. The summed E-state index contributed by atoms with van der Waals surface area (Å²) in [5.41, 5.74) is 14.7. The molecule has 0 atom stereocenters. The van der Waals surface area contributed by atoms with Gasteiger partial charge in [0.05, 0.1) is 27.8 Å². The van der Waals surface area contributed by atoms with Gasteiger partial charge in [-0.15, -0.1) is 0 Å². The van der Waals surface area contributed by atoms with Gasteiger partial charge in [-0.3, -0.25) is 0 Å². The fourth-order valence-corrected chi connectivity index (χ4v) is 9.75. The minimum atomic E-state index is 0.875. The molecule has 4 heterocycles. The smallest absolute Gasteiger partial charge is 0.159 e. The summed E-state index contributed by atoms with van der Waals surface area (Å²) in [6.45, 7) is 0. The molecule has 0 amide bonds. The molecule has 0 fully saturated rings. The summed E-state index contributed by atoms with van der Waals surface area (Å²) in [7, 11) is 0. The lowest BCUT2D eigenvalue weighted by Crippen LogP contribution is -1.98. The molecule has 0 saturated carbocycles. The van der Waals surface area contributed by atoms with Crippen molar-refractivity contribution < 1.29 is 8.83 Å². The molecule has 0 aliphatic carbocycles. The van der Waals surface area contributed by atoms with Crippen LogP contribution in [0.2, 0.25) is 0 Å². The van der Waals surface area contributed by atoms with E-state index in [9.17, 15) is 0 Å². The van der Waals surface area contributed by atoms with Crippen molar-refractivity contribution in [3.8, 4) is 33.6 Å². The van der Waals surface area contributed by atoms with E-state index in [4.69, 9.17) is 8.83 Å². The first-order chi connectivity index (χ1) is 28.8. The first kappa shape index (κ1) is 31.4. The summed E-state index contributed by atoms with van der Waals surface area (Å²) in [5.74, 6) is 0. The third kappa shape index (κ3) is 4.23. The number of para-hydroxylation sites is 7. The SMILES string of the molecule is c1ccc(-n2c3ccccc3c3ccc(-c4cccc5c4oc4ccccc45)c(-c4cccc5c4c4ccccc4n5-c4cccc5c4oc4ccccc45)c32)cc1. The topological polar surface area (TPSA) is 36.1 Å². The Balaban J connectivity index is 1.22. The molecule has 0 spiro atoms. The van der Waals surface area contributed by atoms with Crippen molar-refractivity contribution in [2.75, 3.05) is 0 Å². The molecule has 4 aromatic heterocycles. The molecular weight excluding hydrogens is 709 g/mol. The highest BCUT2D eigenvalue weighted by molar-refractivity contribution is 6.24. The van der Waals surface area contributed by atoms with Gasteiger partial charge in [0.2, 0.25) is 0 Å². The fourth-order valence-electron chi connectivity index (χ4n) is 9.75. The van der Waals surface area contributed by atoms with Crippen LogP contribution in [-0.2, 0) is 0 Å². The van der Waals surface area contributed by atoms with Gasteiger partial charge in [-0.05, 0) is 59.7 Å². The van der Waals surface area contributed by atoms with Crippen LogP contribution in [0, 0.1) is 0 Å². The van der Waals surface area contributed by atoms with Gasteiger partial charge in [0.15, 0.2) is 5.58 Å². The Morgan fingerprint density at radius 2 is 0.862 bits per heavy atom. The predicted molar refractivity (Wildman–Crippen MR) is 241 cm³/mol. The van der Waals surface area contributed by atoms with Gasteiger partial charge in [-0.25, -0.2) is 0 Å². The minimum absolute atomic E-state index is 0.875. The van der Waals surface area contributed by atoms with Crippen LogP contribution in [0.5, 0.6) is 0 Å². The van der Waals surface area contributed by atoms with Crippen molar-refractivity contribution in [2.45, 2.75) is 0 Å². The Morgan fingerprint density at radius 3 is 1.64 bits per heavy atom. The normalized spacial score (nSPS) is 12.1. The van der Waals surface area contributed by atoms with Crippen LogP contribution in [0.3, 0.4) is 0 Å². The van der Waals surface area contributed by atoms with Crippen molar-refractivity contribution in [3.05, 3.63) is 194 Å². The Kier molecular flexibility index (Phi) is 6.41. The summed E-state index contributed by atoms with van der Waals surface area (Å²) in [6.07, 6.45) is 0. The van der Waals surface area contributed by atoms with Gasteiger partial charge in [0.1, 0.15) is 16.7 Å². The number of fused-ring (bicyclic) bond motifs is 12. The van der Waals surface area contributed by atoms with Crippen LogP contribution in [0.25, 0.3) is 121 Å². The van der Waals surface area contributed by atoms with Crippen molar-refractivity contribution >= 4 is 87.5 Å². The van der Waals surface area contributed by atoms with Crippen LogP contribution in [0.15, 0.2) is 203 Å². The van der Waals surface area contributed by atoms with E-state index < -0.39 is 0 Å². The van der Waals surface area contributed by atoms with Crippen LogP contribution in [0.1, 0.15) is 0 Å². The molecule has 4 nitrogen and oxygen atoms in total.